The fourth-order valence-corrected chi connectivity index (χ4v) is 2.72. The molecule has 4 heteroatoms. The van der Waals surface area contributed by atoms with Crippen molar-refractivity contribution in [2.45, 2.75) is 33.7 Å². The van der Waals surface area contributed by atoms with Crippen molar-refractivity contribution in [2.24, 2.45) is 17.1 Å². The van der Waals surface area contributed by atoms with Crippen molar-refractivity contribution in [3.8, 4) is 0 Å². The Morgan fingerprint density at radius 2 is 2.17 bits per heavy atom. The number of carbonyl (C=O) groups excluding carboxylic acids is 1. The fourth-order valence-electron chi connectivity index (χ4n) is 2.06. The van der Waals surface area contributed by atoms with Gasteiger partial charge in [-0.15, -0.1) is 0 Å². The third-order valence-corrected chi connectivity index (χ3v) is 3.60. The number of hydrogen-bond acceptors (Lipinski definition) is 3. The maximum atomic E-state index is 12.3. The van der Waals surface area contributed by atoms with E-state index in [9.17, 15) is 4.79 Å². The molecule has 1 atom stereocenters. The molecule has 0 aliphatic carbocycles. The molecule has 1 unspecified atom stereocenters. The van der Waals surface area contributed by atoms with Crippen LogP contribution in [-0.4, -0.2) is 24.4 Å². The molecule has 0 aliphatic rings. The van der Waals surface area contributed by atoms with Crippen LogP contribution in [-0.2, 0) is 11.3 Å². The lowest BCUT2D eigenvalue weighted by Crippen LogP contribution is -2.38. The zero-order valence-electron chi connectivity index (χ0n) is 11.8. The van der Waals surface area contributed by atoms with Gasteiger partial charge in [0.2, 0.25) is 5.91 Å². The molecule has 1 aromatic heterocycles. The Balaban J connectivity index is 2.60. The largest absolute Gasteiger partial charge is 0.341 e. The summed E-state index contributed by atoms with van der Waals surface area (Å²) >= 11 is 1.65. The summed E-state index contributed by atoms with van der Waals surface area (Å²) in [7, 11) is 1.85. The van der Waals surface area contributed by atoms with Crippen LogP contribution in [0.2, 0.25) is 0 Å². The number of nitrogens with zero attached hydrogens (tertiary/aromatic N) is 1. The average molecular weight is 268 g/mol. The Morgan fingerprint density at radius 3 is 2.61 bits per heavy atom. The van der Waals surface area contributed by atoms with E-state index in [2.05, 4.69) is 32.2 Å². The van der Waals surface area contributed by atoms with E-state index in [0.29, 0.717) is 13.1 Å². The van der Waals surface area contributed by atoms with Gasteiger partial charge in [0.05, 0.1) is 5.92 Å². The quantitative estimate of drug-likeness (QED) is 0.892. The molecule has 3 nitrogen and oxygen atoms in total. The van der Waals surface area contributed by atoms with Gasteiger partial charge in [-0.05, 0) is 34.2 Å². The molecule has 0 radical (unpaired) electrons. The normalized spacial score (nSPS) is 13.4. The van der Waals surface area contributed by atoms with E-state index in [4.69, 9.17) is 5.73 Å². The van der Waals surface area contributed by atoms with E-state index in [1.54, 1.807) is 16.2 Å². The zero-order valence-corrected chi connectivity index (χ0v) is 12.6. The number of thiophene rings is 1. The summed E-state index contributed by atoms with van der Waals surface area (Å²) in [4.78, 5) is 14.1. The highest BCUT2D eigenvalue weighted by Crippen LogP contribution is 2.25. The number of carbonyl (C=O) groups is 1. The van der Waals surface area contributed by atoms with Crippen LogP contribution in [0.1, 0.15) is 32.8 Å². The molecule has 18 heavy (non-hydrogen) atoms. The van der Waals surface area contributed by atoms with Gasteiger partial charge < -0.3 is 10.6 Å². The first-order valence-corrected chi connectivity index (χ1v) is 7.24. The maximum Gasteiger partial charge on any atom is 0.227 e. The molecule has 0 saturated heterocycles. The van der Waals surface area contributed by atoms with Crippen LogP contribution in [0.5, 0.6) is 0 Å². The molecule has 1 rings (SSSR count). The second-order valence-electron chi connectivity index (χ2n) is 6.02. The fraction of sp³-hybridized carbons (Fsp3) is 0.643. The molecular formula is C14H24N2OS. The second-order valence-corrected chi connectivity index (χ2v) is 6.80. The van der Waals surface area contributed by atoms with Gasteiger partial charge in [-0.25, -0.2) is 0 Å². The molecule has 0 fully saturated rings. The Kier molecular flexibility index (Phi) is 5.35. The van der Waals surface area contributed by atoms with Gasteiger partial charge in [-0.2, -0.15) is 11.3 Å². The summed E-state index contributed by atoms with van der Waals surface area (Å²) in [5.41, 5.74) is 7.06. The number of hydrogen-bond donors (Lipinski definition) is 1. The molecule has 0 aromatic carbocycles. The third-order valence-electron chi connectivity index (χ3n) is 2.87. The minimum Gasteiger partial charge on any atom is -0.341 e. The van der Waals surface area contributed by atoms with Crippen molar-refractivity contribution >= 4 is 17.2 Å². The highest BCUT2D eigenvalue weighted by atomic mass is 32.1. The number of rotatable bonds is 5. The smallest absolute Gasteiger partial charge is 0.227 e. The lowest BCUT2D eigenvalue weighted by Gasteiger charge is -2.28. The topological polar surface area (TPSA) is 46.3 Å². The van der Waals surface area contributed by atoms with E-state index in [0.717, 1.165) is 6.42 Å². The molecule has 1 amide bonds. The lowest BCUT2D eigenvalue weighted by molar-refractivity contribution is -0.135. The molecule has 0 spiro atoms. The van der Waals surface area contributed by atoms with Gasteiger partial charge in [0.1, 0.15) is 0 Å². The summed E-state index contributed by atoms with van der Waals surface area (Å²) in [6.45, 7) is 7.51. The van der Waals surface area contributed by atoms with Crippen LogP contribution >= 0.6 is 11.3 Å². The Labute approximate surface area is 114 Å². The second kappa shape index (κ2) is 6.34. The molecule has 102 valence electrons. The van der Waals surface area contributed by atoms with Crippen LogP contribution in [0.4, 0.5) is 0 Å². The predicted molar refractivity (Wildman–Crippen MR) is 77.4 cm³/mol. The summed E-state index contributed by atoms with van der Waals surface area (Å²) in [6, 6.07) is 2.05. The van der Waals surface area contributed by atoms with Gasteiger partial charge >= 0.3 is 0 Å². The summed E-state index contributed by atoms with van der Waals surface area (Å²) in [5, 5.41) is 4.11. The van der Waals surface area contributed by atoms with E-state index in [1.165, 1.54) is 5.56 Å². The minimum absolute atomic E-state index is 0.0753. The SMILES string of the molecule is CN(Cc1ccsc1)C(=O)C(CN)CC(C)(C)C. The average Bonchev–Trinajstić information content (AvgIpc) is 2.76. The van der Waals surface area contributed by atoms with Gasteiger partial charge in [0.15, 0.2) is 0 Å². The van der Waals surface area contributed by atoms with Gasteiger partial charge in [-0.1, -0.05) is 20.8 Å². The van der Waals surface area contributed by atoms with Crippen LogP contribution in [0, 0.1) is 11.3 Å². The molecule has 1 aromatic rings. The minimum atomic E-state index is -0.0753. The molecule has 1 heterocycles. The summed E-state index contributed by atoms with van der Waals surface area (Å²) < 4.78 is 0. The molecular weight excluding hydrogens is 244 g/mol. The third kappa shape index (κ3) is 4.78. The van der Waals surface area contributed by atoms with Crippen molar-refractivity contribution in [3.63, 3.8) is 0 Å². The van der Waals surface area contributed by atoms with E-state index in [1.807, 2.05) is 12.4 Å². The summed E-state index contributed by atoms with van der Waals surface area (Å²) in [6.07, 6.45) is 0.830. The van der Waals surface area contributed by atoms with Crippen LogP contribution < -0.4 is 5.73 Å². The number of amides is 1. The Hall–Kier alpha value is -0.870. The molecule has 0 aliphatic heterocycles. The zero-order chi connectivity index (χ0) is 13.8. The van der Waals surface area contributed by atoms with E-state index in [-0.39, 0.29) is 17.2 Å². The maximum absolute atomic E-state index is 12.3. The first-order chi connectivity index (χ1) is 8.33. The van der Waals surface area contributed by atoms with Gasteiger partial charge in [0.25, 0.3) is 0 Å². The predicted octanol–water partition coefficient (Wildman–Crippen LogP) is 2.72. The van der Waals surface area contributed by atoms with Crippen molar-refractivity contribution in [1.29, 1.82) is 0 Å². The highest BCUT2D eigenvalue weighted by molar-refractivity contribution is 7.07. The number of nitrogens with two attached hydrogens (primary N) is 1. The first kappa shape index (κ1) is 15.2. The Morgan fingerprint density at radius 1 is 1.50 bits per heavy atom. The van der Waals surface area contributed by atoms with Crippen molar-refractivity contribution in [3.05, 3.63) is 22.4 Å². The molecule has 0 saturated carbocycles. The Bertz CT molecular complexity index is 368. The van der Waals surface area contributed by atoms with Crippen molar-refractivity contribution in [2.75, 3.05) is 13.6 Å². The monoisotopic (exact) mass is 268 g/mol. The summed E-state index contributed by atoms with van der Waals surface area (Å²) in [5.74, 6) is 0.0762. The van der Waals surface area contributed by atoms with Gasteiger partial charge in [-0.3, -0.25) is 4.79 Å². The van der Waals surface area contributed by atoms with Crippen LogP contribution in [0.25, 0.3) is 0 Å². The van der Waals surface area contributed by atoms with Crippen molar-refractivity contribution in [1.82, 2.24) is 4.90 Å². The van der Waals surface area contributed by atoms with Gasteiger partial charge in [0, 0.05) is 20.1 Å². The first-order valence-electron chi connectivity index (χ1n) is 6.29. The van der Waals surface area contributed by atoms with E-state index >= 15 is 0 Å². The van der Waals surface area contributed by atoms with Crippen LogP contribution in [0.15, 0.2) is 16.8 Å². The molecule has 0 bridgehead atoms. The van der Waals surface area contributed by atoms with E-state index < -0.39 is 0 Å². The van der Waals surface area contributed by atoms with Crippen molar-refractivity contribution < 1.29 is 4.79 Å². The highest BCUT2D eigenvalue weighted by Gasteiger charge is 2.26. The lowest BCUT2D eigenvalue weighted by atomic mass is 9.84. The van der Waals surface area contributed by atoms with Crippen LogP contribution in [0.3, 0.4) is 0 Å². The standard InChI is InChI=1S/C14H24N2OS/c1-14(2,3)7-12(8-15)13(17)16(4)9-11-5-6-18-10-11/h5-6,10,12H,7-9,15H2,1-4H3. The molecule has 2 N–H and O–H groups in total.